The van der Waals surface area contributed by atoms with Crippen LogP contribution in [0.3, 0.4) is 0 Å². The van der Waals surface area contributed by atoms with E-state index in [1.165, 1.54) is 11.6 Å². The summed E-state index contributed by atoms with van der Waals surface area (Å²) in [4.78, 5) is 0. The highest BCUT2D eigenvalue weighted by atomic mass is 79.9. The van der Waals surface area contributed by atoms with Crippen LogP contribution in [0.15, 0.2) is 46.9 Å². The lowest BCUT2D eigenvalue weighted by molar-refractivity contribution is 0.618. The van der Waals surface area contributed by atoms with Crippen molar-refractivity contribution in [3.05, 3.63) is 63.9 Å². The molecule has 3 heteroatoms. The summed E-state index contributed by atoms with van der Waals surface area (Å²) in [5, 5.41) is 3.27. The van der Waals surface area contributed by atoms with Crippen LogP contribution in [-0.4, -0.2) is 0 Å². The number of hydrogen-bond acceptors (Lipinski definition) is 1. The van der Waals surface area contributed by atoms with Gasteiger partial charge in [0, 0.05) is 16.7 Å². The largest absolute Gasteiger partial charge is 0.381 e. The fourth-order valence-corrected chi connectivity index (χ4v) is 1.83. The highest BCUT2D eigenvalue weighted by Gasteiger charge is 1.99. The molecule has 1 nitrogen and oxygen atoms in total. The number of anilines is 1. The van der Waals surface area contributed by atoms with Gasteiger partial charge in [-0.15, -0.1) is 0 Å². The number of halogens is 2. The Morgan fingerprint density at radius 1 is 1.12 bits per heavy atom. The Balaban J connectivity index is 2.02. The first-order chi connectivity index (χ1) is 8.15. The Hall–Kier alpha value is -1.35. The van der Waals surface area contributed by atoms with Gasteiger partial charge in [-0.05, 0) is 48.4 Å². The monoisotopic (exact) mass is 293 g/mol. The van der Waals surface area contributed by atoms with Gasteiger partial charge in [-0.25, -0.2) is 4.39 Å². The van der Waals surface area contributed by atoms with Gasteiger partial charge in [-0.1, -0.05) is 28.1 Å². The third-order valence-electron chi connectivity index (χ3n) is 2.57. The molecular weight excluding hydrogens is 281 g/mol. The molecule has 0 bridgehead atoms. The molecule has 2 aromatic rings. The molecule has 0 aliphatic carbocycles. The summed E-state index contributed by atoms with van der Waals surface area (Å²) in [6.45, 7) is 2.50. The lowest BCUT2D eigenvalue weighted by Gasteiger charge is -2.08. The summed E-state index contributed by atoms with van der Waals surface area (Å²) < 4.78 is 14.1. The summed E-state index contributed by atoms with van der Waals surface area (Å²) >= 11 is 3.40. The Morgan fingerprint density at radius 2 is 1.82 bits per heavy atom. The SMILES string of the molecule is Cc1cc(NCc2ccc(Br)cc2)ccc1F. The molecule has 0 aliphatic rings. The van der Waals surface area contributed by atoms with Gasteiger partial charge in [-0.2, -0.15) is 0 Å². The lowest BCUT2D eigenvalue weighted by atomic mass is 10.2. The maximum absolute atomic E-state index is 13.1. The fourth-order valence-electron chi connectivity index (χ4n) is 1.56. The van der Waals surface area contributed by atoms with Crippen LogP contribution in [-0.2, 0) is 6.54 Å². The van der Waals surface area contributed by atoms with E-state index in [2.05, 4.69) is 21.2 Å². The number of hydrogen-bond donors (Lipinski definition) is 1. The minimum Gasteiger partial charge on any atom is -0.381 e. The first kappa shape index (κ1) is 12.1. The van der Waals surface area contributed by atoms with Crippen molar-refractivity contribution in [2.45, 2.75) is 13.5 Å². The van der Waals surface area contributed by atoms with Crippen molar-refractivity contribution in [2.75, 3.05) is 5.32 Å². The van der Waals surface area contributed by atoms with E-state index < -0.39 is 0 Å². The molecule has 0 spiro atoms. The van der Waals surface area contributed by atoms with E-state index in [0.717, 1.165) is 16.7 Å². The minimum atomic E-state index is -0.167. The third kappa shape index (κ3) is 3.30. The molecule has 0 aromatic heterocycles. The lowest BCUT2D eigenvalue weighted by Crippen LogP contribution is -1.99. The molecule has 88 valence electrons. The van der Waals surface area contributed by atoms with E-state index in [1.807, 2.05) is 30.3 Å². The highest BCUT2D eigenvalue weighted by Crippen LogP contribution is 2.15. The van der Waals surface area contributed by atoms with Crippen LogP contribution in [0.5, 0.6) is 0 Å². The molecule has 0 unspecified atom stereocenters. The number of benzene rings is 2. The van der Waals surface area contributed by atoms with Gasteiger partial charge in [0.15, 0.2) is 0 Å². The number of nitrogens with one attached hydrogen (secondary N) is 1. The molecule has 0 fully saturated rings. The molecule has 0 saturated carbocycles. The molecule has 0 aliphatic heterocycles. The van der Waals surface area contributed by atoms with Gasteiger partial charge in [0.2, 0.25) is 0 Å². The molecule has 17 heavy (non-hydrogen) atoms. The maximum atomic E-state index is 13.1. The van der Waals surface area contributed by atoms with Gasteiger partial charge in [0.1, 0.15) is 5.82 Å². The second-order valence-corrected chi connectivity index (χ2v) is 4.86. The smallest absolute Gasteiger partial charge is 0.126 e. The normalized spacial score (nSPS) is 10.3. The van der Waals surface area contributed by atoms with Crippen LogP contribution < -0.4 is 5.32 Å². The summed E-state index contributed by atoms with van der Waals surface area (Å²) in [6.07, 6.45) is 0. The average Bonchev–Trinajstić information content (AvgIpc) is 2.33. The van der Waals surface area contributed by atoms with Crippen molar-refractivity contribution >= 4 is 21.6 Å². The zero-order valence-corrected chi connectivity index (χ0v) is 11.1. The summed E-state index contributed by atoms with van der Waals surface area (Å²) in [6, 6.07) is 13.2. The van der Waals surface area contributed by atoms with E-state index in [-0.39, 0.29) is 5.82 Å². The maximum Gasteiger partial charge on any atom is 0.126 e. The summed E-state index contributed by atoms with van der Waals surface area (Å²) in [5.41, 5.74) is 2.79. The quantitative estimate of drug-likeness (QED) is 0.878. The van der Waals surface area contributed by atoms with Gasteiger partial charge in [-0.3, -0.25) is 0 Å². The van der Waals surface area contributed by atoms with E-state index in [0.29, 0.717) is 5.56 Å². The third-order valence-corrected chi connectivity index (χ3v) is 3.10. The molecule has 2 aromatic carbocycles. The van der Waals surface area contributed by atoms with Crippen molar-refractivity contribution in [2.24, 2.45) is 0 Å². The Kier molecular flexibility index (Phi) is 3.79. The Morgan fingerprint density at radius 3 is 2.47 bits per heavy atom. The Labute approximate surface area is 109 Å². The van der Waals surface area contributed by atoms with Crippen molar-refractivity contribution in [3.8, 4) is 0 Å². The standard InChI is InChI=1S/C14H13BrFN/c1-10-8-13(6-7-14(10)16)17-9-11-2-4-12(15)5-3-11/h2-8,17H,9H2,1H3. The first-order valence-corrected chi connectivity index (χ1v) is 6.19. The molecule has 0 amide bonds. The van der Waals surface area contributed by atoms with Crippen LogP contribution in [0.2, 0.25) is 0 Å². The molecule has 0 saturated heterocycles. The van der Waals surface area contributed by atoms with Crippen molar-refractivity contribution in [1.29, 1.82) is 0 Å². The van der Waals surface area contributed by atoms with Crippen LogP contribution in [0, 0.1) is 12.7 Å². The molecule has 0 heterocycles. The molecule has 1 N–H and O–H groups in total. The summed E-state index contributed by atoms with van der Waals surface area (Å²) in [5.74, 6) is -0.167. The van der Waals surface area contributed by atoms with Crippen molar-refractivity contribution < 1.29 is 4.39 Å². The molecule has 0 atom stereocenters. The number of rotatable bonds is 3. The Bertz CT molecular complexity index is 508. The van der Waals surface area contributed by atoms with E-state index in [4.69, 9.17) is 0 Å². The van der Waals surface area contributed by atoms with Gasteiger partial charge in [0.05, 0.1) is 0 Å². The predicted octanol–water partition coefficient (Wildman–Crippen LogP) is 4.51. The van der Waals surface area contributed by atoms with Gasteiger partial charge in [0.25, 0.3) is 0 Å². The molecule has 0 radical (unpaired) electrons. The zero-order chi connectivity index (χ0) is 12.3. The van der Waals surface area contributed by atoms with Gasteiger partial charge < -0.3 is 5.32 Å². The second kappa shape index (κ2) is 5.32. The van der Waals surface area contributed by atoms with Crippen molar-refractivity contribution in [3.63, 3.8) is 0 Å². The molecule has 2 rings (SSSR count). The van der Waals surface area contributed by atoms with Crippen LogP contribution >= 0.6 is 15.9 Å². The highest BCUT2D eigenvalue weighted by molar-refractivity contribution is 9.10. The topological polar surface area (TPSA) is 12.0 Å². The van der Waals surface area contributed by atoms with E-state index in [1.54, 1.807) is 13.0 Å². The summed E-state index contributed by atoms with van der Waals surface area (Å²) in [7, 11) is 0. The minimum absolute atomic E-state index is 0.167. The predicted molar refractivity (Wildman–Crippen MR) is 72.6 cm³/mol. The van der Waals surface area contributed by atoms with Crippen LogP contribution in [0.25, 0.3) is 0 Å². The zero-order valence-electron chi connectivity index (χ0n) is 9.50. The average molecular weight is 294 g/mol. The van der Waals surface area contributed by atoms with Crippen LogP contribution in [0.1, 0.15) is 11.1 Å². The number of aryl methyl sites for hydroxylation is 1. The van der Waals surface area contributed by atoms with E-state index >= 15 is 0 Å². The van der Waals surface area contributed by atoms with Crippen LogP contribution in [0.4, 0.5) is 10.1 Å². The van der Waals surface area contributed by atoms with Crippen molar-refractivity contribution in [1.82, 2.24) is 0 Å². The first-order valence-electron chi connectivity index (χ1n) is 5.39. The van der Waals surface area contributed by atoms with E-state index in [9.17, 15) is 4.39 Å². The second-order valence-electron chi connectivity index (χ2n) is 3.94. The van der Waals surface area contributed by atoms with Gasteiger partial charge >= 0.3 is 0 Å². The molecular formula is C14H13BrFN. The fraction of sp³-hybridized carbons (Fsp3) is 0.143.